The Morgan fingerprint density at radius 1 is 1.69 bits per heavy atom. The summed E-state index contributed by atoms with van der Waals surface area (Å²) >= 11 is 0. The normalized spacial score (nSPS) is 12.1. The van der Waals surface area contributed by atoms with Gasteiger partial charge in [0.15, 0.2) is 0 Å². The molecule has 1 heterocycles. The Kier molecular flexibility index (Phi) is 4.68. The van der Waals surface area contributed by atoms with Gasteiger partial charge in [-0.3, -0.25) is 0 Å². The zero-order valence-corrected chi connectivity index (χ0v) is 8.88. The molecule has 3 N–H and O–H groups in total. The highest BCUT2D eigenvalue weighted by Gasteiger charge is 2.09. The number of methoxy groups -OCH3 is 1. The Bertz CT molecular complexity index is 356. The first-order chi connectivity index (χ1) is 7.67. The van der Waals surface area contributed by atoms with Crippen molar-refractivity contribution in [1.29, 1.82) is 0 Å². The number of anilines is 1. The number of carbonyl (C=O) groups is 1. The van der Waals surface area contributed by atoms with Crippen LogP contribution in [0.4, 0.5) is 5.69 Å². The standard InChI is InChI=1S/C10H14N2O4/c1-16-6-8(5-13)12-7-2-3-11-9(4-7)10(14)15/h2-4,8,13H,5-6H2,1H3,(H,11,12)(H,14,15). The number of ether oxygens (including phenoxy) is 1. The number of carboxylic acid groups (broad SMARTS) is 1. The van der Waals surface area contributed by atoms with Crippen LogP contribution in [-0.2, 0) is 4.74 Å². The van der Waals surface area contributed by atoms with Crippen molar-refractivity contribution >= 4 is 11.7 Å². The molecule has 16 heavy (non-hydrogen) atoms. The van der Waals surface area contributed by atoms with E-state index in [4.69, 9.17) is 14.9 Å². The molecule has 0 bridgehead atoms. The molecule has 0 aliphatic carbocycles. The summed E-state index contributed by atoms with van der Waals surface area (Å²) in [6.07, 6.45) is 1.40. The van der Waals surface area contributed by atoms with Crippen molar-refractivity contribution in [3.05, 3.63) is 24.0 Å². The maximum atomic E-state index is 10.7. The maximum absolute atomic E-state index is 10.7. The molecular formula is C10H14N2O4. The van der Waals surface area contributed by atoms with Gasteiger partial charge in [-0.05, 0) is 12.1 Å². The summed E-state index contributed by atoms with van der Waals surface area (Å²) in [6.45, 7) is 0.236. The van der Waals surface area contributed by atoms with E-state index in [2.05, 4.69) is 10.3 Å². The summed E-state index contributed by atoms with van der Waals surface area (Å²) in [7, 11) is 1.53. The Hall–Kier alpha value is -1.66. The van der Waals surface area contributed by atoms with Crippen molar-refractivity contribution in [2.24, 2.45) is 0 Å². The molecule has 1 atom stereocenters. The van der Waals surface area contributed by atoms with Crippen LogP contribution in [0.5, 0.6) is 0 Å². The third kappa shape index (κ3) is 3.48. The van der Waals surface area contributed by atoms with Crippen molar-refractivity contribution in [3.63, 3.8) is 0 Å². The van der Waals surface area contributed by atoms with Crippen LogP contribution in [0.3, 0.4) is 0 Å². The van der Waals surface area contributed by atoms with E-state index in [0.717, 1.165) is 0 Å². The summed E-state index contributed by atoms with van der Waals surface area (Å²) in [5, 5.41) is 20.7. The first kappa shape index (κ1) is 12.4. The van der Waals surface area contributed by atoms with Crippen LogP contribution in [0, 0.1) is 0 Å². The van der Waals surface area contributed by atoms with Gasteiger partial charge in [0.05, 0.1) is 19.3 Å². The summed E-state index contributed by atoms with van der Waals surface area (Å²) in [4.78, 5) is 14.4. The summed E-state index contributed by atoms with van der Waals surface area (Å²) < 4.78 is 4.89. The van der Waals surface area contributed by atoms with E-state index >= 15 is 0 Å². The molecule has 0 aromatic carbocycles. The minimum atomic E-state index is -1.09. The predicted octanol–water partition coefficient (Wildman–Crippen LogP) is 0.199. The number of hydrogen-bond acceptors (Lipinski definition) is 5. The topological polar surface area (TPSA) is 91.7 Å². The number of aliphatic hydroxyl groups is 1. The van der Waals surface area contributed by atoms with E-state index in [9.17, 15) is 4.79 Å². The molecule has 6 heteroatoms. The van der Waals surface area contributed by atoms with Gasteiger partial charge in [-0.1, -0.05) is 0 Å². The van der Waals surface area contributed by atoms with Gasteiger partial charge in [-0.2, -0.15) is 0 Å². The van der Waals surface area contributed by atoms with Gasteiger partial charge in [0.25, 0.3) is 0 Å². The number of rotatable bonds is 6. The fraction of sp³-hybridized carbons (Fsp3) is 0.400. The van der Waals surface area contributed by atoms with Crippen LogP contribution in [0.1, 0.15) is 10.5 Å². The molecule has 1 unspecified atom stereocenters. The lowest BCUT2D eigenvalue weighted by atomic mass is 10.2. The monoisotopic (exact) mass is 226 g/mol. The van der Waals surface area contributed by atoms with Crippen LogP contribution >= 0.6 is 0 Å². The molecule has 0 fully saturated rings. The number of nitrogens with one attached hydrogen (secondary N) is 1. The fourth-order valence-electron chi connectivity index (χ4n) is 1.21. The van der Waals surface area contributed by atoms with Crippen LogP contribution < -0.4 is 5.32 Å². The lowest BCUT2D eigenvalue weighted by Gasteiger charge is -2.16. The van der Waals surface area contributed by atoms with Crippen LogP contribution in [-0.4, -0.2) is 47.5 Å². The first-order valence-corrected chi connectivity index (χ1v) is 4.73. The van der Waals surface area contributed by atoms with E-state index < -0.39 is 5.97 Å². The Morgan fingerprint density at radius 2 is 2.44 bits per heavy atom. The van der Waals surface area contributed by atoms with Crippen LogP contribution in [0.2, 0.25) is 0 Å². The van der Waals surface area contributed by atoms with Crippen LogP contribution in [0.15, 0.2) is 18.3 Å². The molecule has 1 rings (SSSR count). The Balaban J connectivity index is 2.72. The second-order valence-electron chi connectivity index (χ2n) is 3.21. The van der Waals surface area contributed by atoms with E-state index in [-0.39, 0.29) is 18.3 Å². The summed E-state index contributed by atoms with van der Waals surface area (Å²) in [5.74, 6) is -1.09. The van der Waals surface area contributed by atoms with Crippen molar-refractivity contribution in [1.82, 2.24) is 4.98 Å². The third-order valence-corrected chi connectivity index (χ3v) is 1.94. The minimum absolute atomic E-state index is 0.0425. The van der Waals surface area contributed by atoms with Gasteiger partial charge < -0.3 is 20.3 Å². The Morgan fingerprint density at radius 3 is 3.00 bits per heavy atom. The highest BCUT2D eigenvalue weighted by molar-refractivity contribution is 5.86. The number of hydrogen-bond donors (Lipinski definition) is 3. The molecule has 1 aromatic heterocycles. The van der Waals surface area contributed by atoms with Gasteiger partial charge >= 0.3 is 5.97 Å². The molecule has 0 spiro atoms. The van der Waals surface area contributed by atoms with Crippen LogP contribution in [0.25, 0.3) is 0 Å². The zero-order valence-electron chi connectivity index (χ0n) is 8.88. The maximum Gasteiger partial charge on any atom is 0.354 e. The summed E-state index contributed by atoms with van der Waals surface area (Å²) in [5.41, 5.74) is 0.544. The van der Waals surface area contributed by atoms with Gasteiger partial charge in [0.2, 0.25) is 0 Å². The second kappa shape index (κ2) is 6.04. The number of aromatic carboxylic acids is 1. The van der Waals surface area contributed by atoms with E-state index in [1.54, 1.807) is 6.07 Å². The molecule has 0 aliphatic heterocycles. The predicted molar refractivity (Wildman–Crippen MR) is 57.6 cm³/mol. The van der Waals surface area contributed by atoms with Gasteiger partial charge in [-0.25, -0.2) is 9.78 Å². The third-order valence-electron chi connectivity index (χ3n) is 1.94. The summed E-state index contributed by atoms with van der Waals surface area (Å²) in [6, 6.07) is 2.76. The van der Waals surface area contributed by atoms with Crippen molar-refractivity contribution in [3.8, 4) is 0 Å². The number of pyridine rings is 1. The van der Waals surface area contributed by atoms with E-state index in [1.807, 2.05) is 0 Å². The smallest absolute Gasteiger partial charge is 0.354 e. The Labute approximate surface area is 92.9 Å². The molecular weight excluding hydrogens is 212 g/mol. The van der Waals surface area contributed by atoms with Gasteiger partial charge in [-0.15, -0.1) is 0 Å². The average Bonchev–Trinajstić information content (AvgIpc) is 2.29. The molecule has 0 aliphatic rings. The molecule has 1 aromatic rings. The molecule has 0 saturated carbocycles. The zero-order chi connectivity index (χ0) is 12.0. The highest BCUT2D eigenvalue weighted by atomic mass is 16.5. The molecule has 6 nitrogen and oxygen atoms in total. The average molecular weight is 226 g/mol. The van der Waals surface area contributed by atoms with Crippen molar-refractivity contribution < 1.29 is 19.7 Å². The lowest BCUT2D eigenvalue weighted by molar-refractivity contribution is 0.0690. The van der Waals surface area contributed by atoms with E-state index in [0.29, 0.717) is 12.3 Å². The number of carboxylic acids is 1. The number of nitrogens with zero attached hydrogens (tertiary/aromatic N) is 1. The van der Waals surface area contributed by atoms with Crippen molar-refractivity contribution in [2.45, 2.75) is 6.04 Å². The van der Waals surface area contributed by atoms with Gasteiger partial charge in [0.1, 0.15) is 5.69 Å². The quantitative estimate of drug-likeness (QED) is 0.641. The largest absolute Gasteiger partial charge is 0.477 e. The lowest BCUT2D eigenvalue weighted by Crippen LogP contribution is -2.28. The molecule has 0 saturated heterocycles. The first-order valence-electron chi connectivity index (χ1n) is 4.73. The number of aromatic nitrogens is 1. The SMILES string of the molecule is COCC(CO)Nc1ccnc(C(=O)O)c1. The molecule has 88 valence electrons. The van der Waals surface area contributed by atoms with E-state index in [1.165, 1.54) is 19.4 Å². The highest BCUT2D eigenvalue weighted by Crippen LogP contribution is 2.09. The molecule has 0 radical (unpaired) electrons. The minimum Gasteiger partial charge on any atom is -0.477 e. The van der Waals surface area contributed by atoms with Gasteiger partial charge in [0, 0.05) is 19.0 Å². The van der Waals surface area contributed by atoms with Crippen molar-refractivity contribution in [2.75, 3.05) is 25.6 Å². The second-order valence-corrected chi connectivity index (χ2v) is 3.21. The molecule has 0 amide bonds. The number of aliphatic hydroxyl groups excluding tert-OH is 1. The fourth-order valence-corrected chi connectivity index (χ4v) is 1.21.